The van der Waals surface area contributed by atoms with E-state index in [4.69, 9.17) is 11.6 Å². The minimum Gasteiger partial charge on any atom is -0.297 e. The van der Waals surface area contributed by atoms with Gasteiger partial charge in [0.15, 0.2) is 5.78 Å². The molecule has 1 aliphatic heterocycles. The van der Waals surface area contributed by atoms with Crippen molar-refractivity contribution >= 4 is 46.1 Å². The van der Waals surface area contributed by atoms with Gasteiger partial charge in [0.1, 0.15) is 0 Å². The standard InChI is InChI=1S/C15H10ClNO3S/c1-8-2-5-13(21-8)12(18)7-17-11-6-9(16)3-4-10(11)14(19)15(17)20/h2-6H,7H2,1H3. The van der Waals surface area contributed by atoms with Crippen LogP contribution in [0.4, 0.5) is 5.69 Å². The first-order valence-electron chi connectivity index (χ1n) is 6.23. The Bertz CT molecular complexity index is 781. The fraction of sp³-hybridized carbons (Fsp3) is 0.133. The smallest absolute Gasteiger partial charge is 0.297 e. The molecule has 2 heterocycles. The van der Waals surface area contributed by atoms with E-state index in [0.717, 1.165) is 4.88 Å². The van der Waals surface area contributed by atoms with Gasteiger partial charge >= 0.3 is 0 Å². The molecule has 106 valence electrons. The first kappa shape index (κ1) is 14.0. The van der Waals surface area contributed by atoms with E-state index in [1.54, 1.807) is 12.1 Å². The van der Waals surface area contributed by atoms with Gasteiger partial charge in [0, 0.05) is 9.90 Å². The monoisotopic (exact) mass is 319 g/mol. The van der Waals surface area contributed by atoms with Crippen molar-refractivity contribution in [2.24, 2.45) is 0 Å². The van der Waals surface area contributed by atoms with Crippen LogP contribution in [0.15, 0.2) is 30.3 Å². The number of Topliss-reactive ketones (excluding diaryl/α,β-unsaturated/α-hetero) is 2. The van der Waals surface area contributed by atoms with E-state index in [2.05, 4.69) is 0 Å². The summed E-state index contributed by atoms with van der Waals surface area (Å²) in [5, 5.41) is 0.417. The van der Waals surface area contributed by atoms with E-state index in [1.165, 1.54) is 28.4 Å². The minimum atomic E-state index is -0.686. The van der Waals surface area contributed by atoms with Crippen LogP contribution in [0.25, 0.3) is 0 Å². The number of ketones is 2. The predicted molar refractivity (Wildman–Crippen MR) is 81.5 cm³/mol. The Balaban J connectivity index is 1.93. The van der Waals surface area contributed by atoms with Crippen molar-refractivity contribution in [2.75, 3.05) is 11.4 Å². The molecule has 0 atom stereocenters. The third-order valence-electron chi connectivity index (χ3n) is 3.25. The fourth-order valence-corrected chi connectivity index (χ4v) is 3.19. The molecular weight excluding hydrogens is 310 g/mol. The number of hydrogen-bond donors (Lipinski definition) is 0. The number of thiophene rings is 1. The van der Waals surface area contributed by atoms with Gasteiger partial charge in [-0.3, -0.25) is 19.3 Å². The number of halogens is 1. The van der Waals surface area contributed by atoms with Gasteiger partial charge in [0.25, 0.3) is 11.7 Å². The number of fused-ring (bicyclic) bond motifs is 1. The zero-order chi connectivity index (χ0) is 15.1. The van der Waals surface area contributed by atoms with Crippen molar-refractivity contribution in [3.63, 3.8) is 0 Å². The Labute approximate surface area is 129 Å². The maximum Gasteiger partial charge on any atom is 0.299 e. The third-order valence-corrected chi connectivity index (χ3v) is 4.53. The molecule has 1 aromatic carbocycles. The summed E-state index contributed by atoms with van der Waals surface area (Å²) in [4.78, 5) is 38.9. The lowest BCUT2D eigenvalue weighted by Crippen LogP contribution is -2.34. The topological polar surface area (TPSA) is 54.5 Å². The van der Waals surface area contributed by atoms with Crippen LogP contribution in [0, 0.1) is 6.92 Å². The van der Waals surface area contributed by atoms with Gasteiger partial charge in [-0.1, -0.05) is 11.6 Å². The summed E-state index contributed by atoms with van der Waals surface area (Å²) in [5.74, 6) is -1.48. The second-order valence-corrected chi connectivity index (χ2v) is 6.44. The van der Waals surface area contributed by atoms with Gasteiger partial charge in [-0.2, -0.15) is 0 Å². The highest BCUT2D eigenvalue weighted by Crippen LogP contribution is 2.31. The summed E-state index contributed by atoms with van der Waals surface area (Å²) < 4.78 is 0. The Morgan fingerprint density at radius 2 is 2.00 bits per heavy atom. The van der Waals surface area contributed by atoms with E-state index >= 15 is 0 Å². The third kappa shape index (κ3) is 2.39. The summed E-state index contributed by atoms with van der Waals surface area (Å²) in [5.41, 5.74) is 0.693. The zero-order valence-corrected chi connectivity index (χ0v) is 12.6. The molecule has 0 unspecified atom stereocenters. The van der Waals surface area contributed by atoms with Crippen LogP contribution >= 0.6 is 22.9 Å². The van der Waals surface area contributed by atoms with Crippen molar-refractivity contribution < 1.29 is 14.4 Å². The largest absolute Gasteiger partial charge is 0.299 e. The number of carbonyl (C=O) groups is 3. The maximum absolute atomic E-state index is 12.2. The second-order valence-electron chi connectivity index (χ2n) is 4.72. The van der Waals surface area contributed by atoms with Crippen molar-refractivity contribution in [2.45, 2.75) is 6.92 Å². The average molecular weight is 320 g/mol. The van der Waals surface area contributed by atoms with E-state index in [-0.39, 0.29) is 12.3 Å². The molecule has 2 aromatic rings. The SMILES string of the molecule is Cc1ccc(C(=O)CN2C(=O)C(=O)c3ccc(Cl)cc32)s1. The quantitative estimate of drug-likeness (QED) is 0.645. The lowest BCUT2D eigenvalue weighted by atomic mass is 10.1. The molecule has 1 amide bonds. The number of amides is 1. The number of hydrogen-bond acceptors (Lipinski definition) is 4. The number of rotatable bonds is 3. The molecule has 0 radical (unpaired) electrons. The number of nitrogens with zero attached hydrogens (tertiary/aromatic N) is 1. The zero-order valence-electron chi connectivity index (χ0n) is 11.1. The Morgan fingerprint density at radius 3 is 2.67 bits per heavy atom. The van der Waals surface area contributed by atoms with Crippen LogP contribution in [0.3, 0.4) is 0 Å². The van der Waals surface area contributed by atoms with Crippen LogP contribution < -0.4 is 4.90 Å². The van der Waals surface area contributed by atoms with E-state index < -0.39 is 11.7 Å². The molecule has 0 saturated heterocycles. The molecule has 0 aliphatic carbocycles. The summed E-state index contributed by atoms with van der Waals surface area (Å²) in [6, 6.07) is 8.17. The van der Waals surface area contributed by atoms with Gasteiger partial charge in [-0.15, -0.1) is 11.3 Å². The summed E-state index contributed by atoms with van der Waals surface area (Å²) >= 11 is 7.28. The molecule has 21 heavy (non-hydrogen) atoms. The first-order valence-corrected chi connectivity index (χ1v) is 7.42. The van der Waals surface area contributed by atoms with E-state index in [0.29, 0.717) is 21.2 Å². The molecule has 0 bridgehead atoms. The van der Waals surface area contributed by atoms with Crippen molar-refractivity contribution in [3.05, 3.63) is 50.7 Å². The van der Waals surface area contributed by atoms with Gasteiger partial charge in [0.05, 0.1) is 22.7 Å². The van der Waals surface area contributed by atoms with Crippen LogP contribution in [-0.2, 0) is 4.79 Å². The molecule has 4 nitrogen and oxygen atoms in total. The van der Waals surface area contributed by atoms with Crippen LogP contribution in [0.1, 0.15) is 24.9 Å². The maximum atomic E-state index is 12.2. The van der Waals surface area contributed by atoms with E-state index in [9.17, 15) is 14.4 Å². The number of aryl methyl sites for hydroxylation is 1. The number of anilines is 1. The summed E-state index contributed by atoms with van der Waals surface area (Å²) in [6.45, 7) is 1.75. The number of carbonyl (C=O) groups excluding carboxylic acids is 3. The van der Waals surface area contributed by atoms with Crippen LogP contribution in [0.5, 0.6) is 0 Å². The van der Waals surface area contributed by atoms with Gasteiger partial charge in [-0.05, 0) is 37.3 Å². The first-order chi connectivity index (χ1) is 9.97. The molecular formula is C15H10ClNO3S. The highest BCUT2D eigenvalue weighted by atomic mass is 35.5. The van der Waals surface area contributed by atoms with Crippen LogP contribution in [-0.4, -0.2) is 24.0 Å². The molecule has 0 saturated carbocycles. The highest BCUT2D eigenvalue weighted by molar-refractivity contribution is 7.14. The molecule has 0 fully saturated rings. The Hall–Kier alpha value is -1.98. The summed E-state index contributed by atoms with van der Waals surface area (Å²) in [6.07, 6.45) is 0. The minimum absolute atomic E-state index is 0.155. The molecule has 1 aromatic heterocycles. The lowest BCUT2D eigenvalue weighted by Gasteiger charge is -2.15. The van der Waals surface area contributed by atoms with Crippen molar-refractivity contribution in [1.29, 1.82) is 0 Å². The summed E-state index contributed by atoms with van der Waals surface area (Å²) in [7, 11) is 0. The second kappa shape index (κ2) is 5.09. The average Bonchev–Trinajstić information content (AvgIpc) is 2.97. The van der Waals surface area contributed by atoms with Gasteiger partial charge in [-0.25, -0.2) is 0 Å². The molecule has 1 aliphatic rings. The fourth-order valence-electron chi connectivity index (χ4n) is 2.23. The Kier molecular flexibility index (Phi) is 3.39. The predicted octanol–water partition coefficient (Wildman–Crippen LogP) is 3.12. The van der Waals surface area contributed by atoms with Crippen molar-refractivity contribution in [1.82, 2.24) is 0 Å². The van der Waals surface area contributed by atoms with Crippen molar-refractivity contribution in [3.8, 4) is 0 Å². The lowest BCUT2D eigenvalue weighted by molar-refractivity contribution is -0.114. The Morgan fingerprint density at radius 1 is 1.24 bits per heavy atom. The molecule has 3 rings (SSSR count). The molecule has 0 spiro atoms. The highest BCUT2D eigenvalue weighted by Gasteiger charge is 2.37. The van der Waals surface area contributed by atoms with E-state index in [1.807, 2.05) is 13.0 Å². The number of benzene rings is 1. The molecule has 0 N–H and O–H groups in total. The normalized spacial score (nSPS) is 13.7. The van der Waals surface area contributed by atoms with Crippen LogP contribution in [0.2, 0.25) is 5.02 Å². The van der Waals surface area contributed by atoms with Gasteiger partial charge < -0.3 is 0 Å². The molecule has 6 heteroatoms. The van der Waals surface area contributed by atoms with Gasteiger partial charge in [0.2, 0.25) is 0 Å².